The molecule has 1 fully saturated rings. The van der Waals surface area contributed by atoms with E-state index in [-0.39, 0.29) is 11.8 Å². The van der Waals surface area contributed by atoms with Crippen molar-refractivity contribution in [3.8, 4) is 0 Å². The van der Waals surface area contributed by atoms with E-state index < -0.39 is 6.10 Å². The van der Waals surface area contributed by atoms with Crippen molar-refractivity contribution in [1.82, 2.24) is 19.4 Å². The first-order valence-electron chi connectivity index (χ1n) is 9.84. The van der Waals surface area contributed by atoms with E-state index >= 15 is 0 Å². The second-order valence-electron chi connectivity index (χ2n) is 7.79. The van der Waals surface area contributed by atoms with Crippen LogP contribution in [0.5, 0.6) is 0 Å². The Morgan fingerprint density at radius 3 is 2.48 bits per heavy atom. The number of rotatable bonds is 5. The molecule has 4 rings (SSSR count). The SMILES string of the molecule is Cn1ccnc1[C@H](O)C1CCN(C(=O)CCN2Cc3ccccc3C2)CC1. The summed E-state index contributed by atoms with van der Waals surface area (Å²) >= 11 is 0. The number of amides is 1. The molecule has 27 heavy (non-hydrogen) atoms. The van der Waals surface area contributed by atoms with Gasteiger partial charge < -0.3 is 14.6 Å². The van der Waals surface area contributed by atoms with Gasteiger partial charge in [0.05, 0.1) is 0 Å². The third kappa shape index (κ3) is 3.92. The van der Waals surface area contributed by atoms with Crippen molar-refractivity contribution < 1.29 is 9.90 Å². The van der Waals surface area contributed by atoms with Gasteiger partial charge in [0.2, 0.25) is 5.91 Å². The molecule has 6 heteroatoms. The number of benzene rings is 1. The number of aliphatic hydroxyl groups excluding tert-OH is 1. The number of aryl methyl sites for hydroxylation is 1. The Morgan fingerprint density at radius 1 is 1.22 bits per heavy atom. The van der Waals surface area contributed by atoms with E-state index in [9.17, 15) is 9.90 Å². The molecule has 0 saturated carbocycles. The Balaban J connectivity index is 1.23. The van der Waals surface area contributed by atoms with Crippen LogP contribution in [-0.4, -0.2) is 50.0 Å². The molecule has 3 heterocycles. The first-order chi connectivity index (χ1) is 13.1. The highest BCUT2D eigenvalue weighted by Crippen LogP contribution is 2.30. The summed E-state index contributed by atoms with van der Waals surface area (Å²) in [4.78, 5) is 21.2. The highest BCUT2D eigenvalue weighted by molar-refractivity contribution is 5.76. The van der Waals surface area contributed by atoms with Gasteiger partial charge in [0.15, 0.2) is 0 Å². The molecule has 0 unspecified atom stereocenters. The Labute approximate surface area is 160 Å². The van der Waals surface area contributed by atoms with Crippen molar-refractivity contribution in [2.45, 2.75) is 38.5 Å². The summed E-state index contributed by atoms with van der Waals surface area (Å²) in [6.45, 7) is 4.16. The molecule has 0 radical (unpaired) electrons. The Morgan fingerprint density at radius 2 is 1.89 bits per heavy atom. The second-order valence-corrected chi connectivity index (χ2v) is 7.79. The standard InChI is InChI=1S/C21H28N4O2/c1-23-13-9-22-21(23)20(27)16-6-11-25(12-7-16)19(26)8-10-24-14-17-4-2-3-5-18(17)15-24/h2-5,9,13,16,20,27H,6-8,10-12,14-15H2,1H3/t20-/m1/s1. The molecular formula is C21H28N4O2. The van der Waals surface area contributed by atoms with Crippen LogP contribution in [0.25, 0.3) is 0 Å². The van der Waals surface area contributed by atoms with Crippen LogP contribution in [0.15, 0.2) is 36.7 Å². The van der Waals surface area contributed by atoms with Crippen molar-refractivity contribution in [2.24, 2.45) is 13.0 Å². The minimum absolute atomic E-state index is 0.170. The smallest absolute Gasteiger partial charge is 0.223 e. The first kappa shape index (κ1) is 18.2. The van der Waals surface area contributed by atoms with Gasteiger partial charge in [0.1, 0.15) is 11.9 Å². The van der Waals surface area contributed by atoms with Crippen LogP contribution < -0.4 is 0 Å². The van der Waals surface area contributed by atoms with Crippen LogP contribution in [0.3, 0.4) is 0 Å². The van der Waals surface area contributed by atoms with E-state index in [1.165, 1.54) is 11.1 Å². The number of nitrogens with zero attached hydrogens (tertiary/aromatic N) is 4. The Hall–Kier alpha value is -2.18. The van der Waals surface area contributed by atoms with Crippen molar-refractivity contribution in [3.63, 3.8) is 0 Å². The van der Waals surface area contributed by atoms with E-state index in [1.54, 1.807) is 6.20 Å². The van der Waals surface area contributed by atoms with Crippen LogP contribution in [0.4, 0.5) is 0 Å². The molecule has 1 saturated heterocycles. The Kier molecular flexibility index (Phi) is 5.27. The lowest BCUT2D eigenvalue weighted by Gasteiger charge is -2.34. The quantitative estimate of drug-likeness (QED) is 0.878. The number of hydrogen-bond donors (Lipinski definition) is 1. The molecule has 0 spiro atoms. The summed E-state index contributed by atoms with van der Waals surface area (Å²) < 4.78 is 1.87. The number of likely N-dealkylation sites (tertiary alicyclic amines) is 1. The van der Waals surface area contributed by atoms with Crippen LogP contribution in [0.1, 0.15) is 42.3 Å². The zero-order valence-electron chi connectivity index (χ0n) is 15.9. The lowest BCUT2D eigenvalue weighted by Crippen LogP contribution is -2.41. The fourth-order valence-electron chi connectivity index (χ4n) is 4.31. The molecule has 6 nitrogen and oxygen atoms in total. The number of carbonyl (C=O) groups is 1. The topological polar surface area (TPSA) is 61.6 Å². The fourth-order valence-corrected chi connectivity index (χ4v) is 4.31. The van der Waals surface area contributed by atoms with E-state index in [2.05, 4.69) is 34.1 Å². The summed E-state index contributed by atoms with van der Waals surface area (Å²) in [5.41, 5.74) is 2.77. The maximum Gasteiger partial charge on any atom is 0.223 e. The van der Waals surface area contributed by atoms with E-state index in [0.29, 0.717) is 12.2 Å². The van der Waals surface area contributed by atoms with Crippen LogP contribution in [0.2, 0.25) is 0 Å². The highest BCUT2D eigenvalue weighted by Gasteiger charge is 2.30. The van der Waals surface area contributed by atoms with Crippen LogP contribution in [-0.2, 0) is 24.9 Å². The summed E-state index contributed by atoms with van der Waals surface area (Å²) in [7, 11) is 1.90. The molecule has 1 atom stereocenters. The van der Waals surface area contributed by atoms with E-state index in [4.69, 9.17) is 0 Å². The van der Waals surface area contributed by atoms with Crippen molar-refractivity contribution in [2.75, 3.05) is 19.6 Å². The predicted molar refractivity (Wildman–Crippen MR) is 103 cm³/mol. The predicted octanol–water partition coefficient (Wildman–Crippen LogP) is 2.10. The largest absolute Gasteiger partial charge is 0.385 e. The molecule has 1 aromatic heterocycles. The summed E-state index contributed by atoms with van der Waals surface area (Å²) in [5, 5.41) is 10.6. The summed E-state index contributed by atoms with van der Waals surface area (Å²) in [5.74, 6) is 1.12. The maximum absolute atomic E-state index is 12.6. The number of aliphatic hydroxyl groups is 1. The maximum atomic E-state index is 12.6. The molecule has 0 bridgehead atoms. The third-order valence-corrected chi connectivity index (χ3v) is 6.01. The number of hydrogen-bond acceptors (Lipinski definition) is 4. The molecular weight excluding hydrogens is 340 g/mol. The van der Waals surface area contributed by atoms with Gasteiger partial charge in [0, 0.05) is 58.6 Å². The van der Waals surface area contributed by atoms with Gasteiger partial charge in [-0.2, -0.15) is 0 Å². The fraction of sp³-hybridized carbons (Fsp3) is 0.524. The number of imidazole rings is 1. The molecule has 1 amide bonds. The van der Waals surface area contributed by atoms with Crippen molar-refractivity contribution in [1.29, 1.82) is 0 Å². The highest BCUT2D eigenvalue weighted by atomic mass is 16.3. The molecule has 2 aliphatic heterocycles. The van der Waals surface area contributed by atoms with E-state index in [0.717, 1.165) is 45.6 Å². The average Bonchev–Trinajstić information content (AvgIpc) is 3.31. The molecule has 1 aromatic carbocycles. The number of carbonyl (C=O) groups excluding carboxylic acids is 1. The van der Waals surface area contributed by atoms with Crippen LogP contribution in [0, 0.1) is 5.92 Å². The van der Waals surface area contributed by atoms with Gasteiger partial charge in [-0.25, -0.2) is 4.98 Å². The van der Waals surface area contributed by atoms with Gasteiger partial charge in [-0.15, -0.1) is 0 Å². The lowest BCUT2D eigenvalue weighted by molar-refractivity contribution is -0.133. The van der Waals surface area contributed by atoms with Gasteiger partial charge in [0.25, 0.3) is 0 Å². The van der Waals surface area contributed by atoms with Crippen LogP contribution >= 0.6 is 0 Å². The molecule has 144 valence electrons. The zero-order valence-corrected chi connectivity index (χ0v) is 15.9. The minimum atomic E-state index is -0.551. The number of aromatic nitrogens is 2. The zero-order chi connectivity index (χ0) is 18.8. The van der Waals surface area contributed by atoms with Gasteiger partial charge in [-0.3, -0.25) is 9.69 Å². The minimum Gasteiger partial charge on any atom is -0.385 e. The first-order valence-corrected chi connectivity index (χ1v) is 9.84. The van der Waals surface area contributed by atoms with Crippen molar-refractivity contribution in [3.05, 3.63) is 53.6 Å². The van der Waals surface area contributed by atoms with Crippen molar-refractivity contribution >= 4 is 5.91 Å². The summed E-state index contributed by atoms with van der Waals surface area (Å²) in [6, 6.07) is 8.51. The normalized spacial score (nSPS) is 19.3. The van der Waals surface area contributed by atoms with Gasteiger partial charge in [-0.1, -0.05) is 24.3 Å². The third-order valence-electron chi connectivity index (χ3n) is 6.01. The molecule has 0 aliphatic carbocycles. The number of fused-ring (bicyclic) bond motifs is 1. The van der Waals surface area contributed by atoms with Gasteiger partial charge >= 0.3 is 0 Å². The molecule has 1 N–H and O–H groups in total. The molecule has 2 aliphatic rings. The molecule has 2 aromatic rings. The monoisotopic (exact) mass is 368 g/mol. The second kappa shape index (κ2) is 7.82. The Bertz CT molecular complexity index is 770. The summed E-state index contributed by atoms with van der Waals surface area (Å²) in [6.07, 6.45) is 5.25. The lowest BCUT2D eigenvalue weighted by atomic mass is 9.90. The van der Waals surface area contributed by atoms with E-state index in [1.807, 2.05) is 22.7 Å². The average molecular weight is 368 g/mol. The van der Waals surface area contributed by atoms with Gasteiger partial charge in [-0.05, 0) is 29.9 Å². The number of piperidine rings is 1.